The molecule has 2 heterocycles. The molecule has 1 fully saturated rings. The van der Waals surface area contributed by atoms with Crippen molar-refractivity contribution < 1.29 is 8.42 Å². The van der Waals surface area contributed by atoms with Crippen LogP contribution in [0.4, 0.5) is 0 Å². The normalized spacial score (nSPS) is 20.8. The molecule has 1 aromatic rings. The zero-order valence-electron chi connectivity index (χ0n) is 11.2. The molecule has 0 amide bonds. The lowest BCUT2D eigenvalue weighted by Gasteiger charge is -2.16. The van der Waals surface area contributed by atoms with E-state index in [1.54, 1.807) is 16.7 Å². The Labute approximate surface area is 115 Å². The van der Waals surface area contributed by atoms with Crippen LogP contribution in [0.2, 0.25) is 0 Å². The number of aromatic nitrogens is 1. The summed E-state index contributed by atoms with van der Waals surface area (Å²) in [6.07, 6.45) is 4.90. The lowest BCUT2D eigenvalue weighted by Crippen LogP contribution is -2.32. The molecule has 1 saturated heterocycles. The molecule has 1 aliphatic heterocycles. The third-order valence-electron chi connectivity index (χ3n) is 3.53. The number of nitrogens with one attached hydrogen (secondary N) is 1. The number of hydrogen-bond donors (Lipinski definition) is 1. The average Bonchev–Trinajstić information content (AvgIpc) is 2.88. The van der Waals surface area contributed by atoms with E-state index in [9.17, 15) is 8.42 Å². The predicted octanol–water partition coefficient (Wildman–Crippen LogP) is 0.495. The van der Waals surface area contributed by atoms with Gasteiger partial charge in [-0.25, -0.2) is 12.7 Å². The smallest absolute Gasteiger partial charge is 0.214 e. The molecule has 5 nitrogen and oxygen atoms in total. The van der Waals surface area contributed by atoms with E-state index in [1.165, 1.54) is 0 Å². The number of nitrogens with zero attached hydrogens (tertiary/aromatic N) is 2. The average molecular weight is 283 g/mol. The molecule has 0 aliphatic carbocycles. The molecule has 19 heavy (non-hydrogen) atoms. The van der Waals surface area contributed by atoms with Crippen molar-refractivity contribution in [3.8, 4) is 0 Å². The van der Waals surface area contributed by atoms with E-state index in [0.717, 1.165) is 18.5 Å². The summed E-state index contributed by atoms with van der Waals surface area (Å²) in [5, 5.41) is 3.11. The molecule has 0 aromatic carbocycles. The second-order valence-electron chi connectivity index (χ2n) is 4.99. The Morgan fingerprint density at radius 3 is 2.84 bits per heavy atom. The van der Waals surface area contributed by atoms with E-state index in [-0.39, 0.29) is 5.75 Å². The van der Waals surface area contributed by atoms with Gasteiger partial charge in [-0.2, -0.15) is 0 Å². The maximum atomic E-state index is 12.2. The summed E-state index contributed by atoms with van der Waals surface area (Å²) in [4.78, 5) is 3.93. The van der Waals surface area contributed by atoms with Gasteiger partial charge in [0.1, 0.15) is 0 Å². The third kappa shape index (κ3) is 3.99. The molecule has 0 bridgehead atoms. The Bertz CT molecular complexity index is 490. The molecule has 0 saturated carbocycles. The van der Waals surface area contributed by atoms with Crippen LogP contribution < -0.4 is 5.32 Å². The van der Waals surface area contributed by atoms with E-state index < -0.39 is 10.0 Å². The van der Waals surface area contributed by atoms with Gasteiger partial charge >= 0.3 is 0 Å². The van der Waals surface area contributed by atoms with E-state index in [0.29, 0.717) is 25.4 Å². The first-order valence-corrected chi connectivity index (χ1v) is 8.24. The van der Waals surface area contributed by atoms with Crippen LogP contribution in [0.1, 0.15) is 12.0 Å². The Morgan fingerprint density at radius 1 is 1.42 bits per heavy atom. The first-order valence-electron chi connectivity index (χ1n) is 6.63. The highest BCUT2D eigenvalue weighted by Crippen LogP contribution is 2.19. The van der Waals surface area contributed by atoms with Crippen LogP contribution in [-0.4, -0.2) is 50.1 Å². The third-order valence-corrected chi connectivity index (χ3v) is 5.37. The van der Waals surface area contributed by atoms with Crippen molar-refractivity contribution in [2.45, 2.75) is 12.8 Å². The van der Waals surface area contributed by atoms with Gasteiger partial charge in [-0.05, 0) is 50.0 Å². The fraction of sp³-hybridized carbons (Fsp3) is 0.615. The van der Waals surface area contributed by atoms with Gasteiger partial charge < -0.3 is 5.32 Å². The van der Waals surface area contributed by atoms with Crippen LogP contribution in [0.5, 0.6) is 0 Å². The highest BCUT2D eigenvalue weighted by molar-refractivity contribution is 7.89. The minimum Gasteiger partial charge on any atom is -0.319 e. The summed E-state index contributed by atoms with van der Waals surface area (Å²) in [5.41, 5.74) is 1.02. The van der Waals surface area contributed by atoms with Gasteiger partial charge in [-0.1, -0.05) is 0 Å². The molecule has 1 atom stereocenters. The maximum Gasteiger partial charge on any atom is 0.214 e. The van der Waals surface area contributed by atoms with E-state index in [2.05, 4.69) is 10.3 Å². The Kier molecular flexibility index (Phi) is 4.90. The van der Waals surface area contributed by atoms with Crippen molar-refractivity contribution in [2.24, 2.45) is 5.92 Å². The standard InChI is InChI=1S/C13H21N3O2S/c1-14-10-13-4-8-16(11-13)19(17,18)9-5-12-2-6-15-7-3-12/h2-3,6-7,13-14H,4-5,8-11H2,1H3. The lowest BCUT2D eigenvalue weighted by atomic mass is 10.1. The largest absolute Gasteiger partial charge is 0.319 e. The van der Waals surface area contributed by atoms with Crippen molar-refractivity contribution in [1.29, 1.82) is 0 Å². The van der Waals surface area contributed by atoms with Gasteiger partial charge in [0.25, 0.3) is 0 Å². The van der Waals surface area contributed by atoms with Crippen LogP contribution in [-0.2, 0) is 16.4 Å². The van der Waals surface area contributed by atoms with Crippen LogP contribution in [0.3, 0.4) is 0 Å². The summed E-state index contributed by atoms with van der Waals surface area (Å²) < 4.78 is 26.1. The molecule has 6 heteroatoms. The molecular weight excluding hydrogens is 262 g/mol. The zero-order chi connectivity index (χ0) is 13.7. The van der Waals surface area contributed by atoms with Crippen molar-refractivity contribution in [1.82, 2.24) is 14.6 Å². The molecule has 1 aromatic heterocycles. The van der Waals surface area contributed by atoms with E-state index in [4.69, 9.17) is 0 Å². The first-order chi connectivity index (χ1) is 9.12. The molecule has 1 unspecified atom stereocenters. The quantitative estimate of drug-likeness (QED) is 0.825. The summed E-state index contributed by atoms with van der Waals surface area (Å²) >= 11 is 0. The molecular formula is C13H21N3O2S. The molecule has 2 rings (SSSR count). The molecule has 1 N–H and O–H groups in total. The van der Waals surface area contributed by atoms with Crippen LogP contribution in [0, 0.1) is 5.92 Å². The SMILES string of the molecule is CNCC1CCN(S(=O)(=O)CCc2ccncc2)C1. The monoisotopic (exact) mass is 283 g/mol. The summed E-state index contributed by atoms with van der Waals surface area (Å²) in [7, 11) is -1.22. The summed E-state index contributed by atoms with van der Waals surface area (Å²) in [6.45, 7) is 2.20. The fourth-order valence-electron chi connectivity index (χ4n) is 2.43. The summed E-state index contributed by atoms with van der Waals surface area (Å²) in [6, 6.07) is 3.73. The van der Waals surface area contributed by atoms with Crippen LogP contribution >= 0.6 is 0 Å². The van der Waals surface area contributed by atoms with Gasteiger partial charge in [0.05, 0.1) is 5.75 Å². The Balaban J connectivity index is 1.89. The van der Waals surface area contributed by atoms with Crippen LogP contribution in [0.15, 0.2) is 24.5 Å². The number of rotatable bonds is 6. The van der Waals surface area contributed by atoms with Gasteiger partial charge in [0, 0.05) is 25.5 Å². The number of pyridine rings is 1. The molecule has 1 aliphatic rings. The zero-order valence-corrected chi connectivity index (χ0v) is 12.1. The minimum absolute atomic E-state index is 0.184. The highest BCUT2D eigenvalue weighted by Gasteiger charge is 2.30. The Hall–Kier alpha value is -0.980. The van der Waals surface area contributed by atoms with Crippen molar-refractivity contribution in [2.75, 3.05) is 32.4 Å². The maximum absolute atomic E-state index is 12.2. The summed E-state index contributed by atoms with van der Waals surface area (Å²) in [5.74, 6) is 0.629. The van der Waals surface area contributed by atoms with Crippen molar-refractivity contribution >= 4 is 10.0 Å². The molecule has 0 radical (unpaired) electrons. The molecule has 106 valence electrons. The second kappa shape index (κ2) is 6.45. The van der Waals surface area contributed by atoms with E-state index >= 15 is 0 Å². The lowest BCUT2D eigenvalue weighted by molar-refractivity contribution is 0.451. The number of aryl methyl sites for hydroxylation is 1. The van der Waals surface area contributed by atoms with Crippen molar-refractivity contribution in [3.63, 3.8) is 0 Å². The van der Waals surface area contributed by atoms with Gasteiger partial charge in [0.2, 0.25) is 10.0 Å². The minimum atomic E-state index is -3.12. The first kappa shape index (κ1) is 14.4. The predicted molar refractivity (Wildman–Crippen MR) is 75.3 cm³/mol. The van der Waals surface area contributed by atoms with E-state index in [1.807, 2.05) is 19.2 Å². The number of sulfonamides is 1. The van der Waals surface area contributed by atoms with Crippen LogP contribution in [0.25, 0.3) is 0 Å². The Morgan fingerprint density at radius 2 is 2.16 bits per heavy atom. The number of hydrogen-bond acceptors (Lipinski definition) is 4. The second-order valence-corrected chi connectivity index (χ2v) is 7.08. The fourth-order valence-corrected chi connectivity index (χ4v) is 4.00. The molecule has 0 spiro atoms. The highest BCUT2D eigenvalue weighted by atomic mass is 32.2. The van der Waals surface area contributed by atoms with Gasteiger partial charge in [0.15, 0.2) is 0 Å². The van der Waals surface area contributed by atoms with Gasteiger partial charge in [-0.15, -0.1) is 0 Å². The topological polar surface area (TPSA) is 62.3 Å². The van der Waals surface area contributed by atoms with Crippen molar-refractivity contribution in [3.05, 3.63) is 30.1 Å². The van der Waals surface area contributed by atoms with Gasteiger partial charge in [-0.3, -0.25) is 4.98 Å².